The minimum Gasteiger partial charge on any atom is -0.472 e. The maximum atomic E-state index is 5.08. The van der Waals surface area contributed by atoms with Gasteiger partial charge in [0.05, 0.1) is 18.2 Å². The molecule has 0 fully saturated rings. The van der Waals surface area contributed by atoms with E-state index < -0.39 is 0 Å². The van der Waals surface area contributed by atoms with Crippen molar-refractivity contribution in [1.82, 2.24) is 9.97 Å². The zero-order chi connectivity index (χ0) is 12.1. The fraction of sp³-hybridized carbons (Fsp3) is 0.385. The van der Waals surface area contributed by atoms with E-state index in [1.807, 2.05) is 12.1 Å². The lowest BCUT2D eigenvalue weighted by molar-refractivity contribution is 0.568. The minimum absolute atomic E-state index is 0.826. The molecule has 90 valence electrons. The summed E-state index contributed by atoms with van der Waals surface area (Å²) in [5.41, 5.74) is 1.89. The molecule has 0 amide bonds. The Kier molecular flexibility index (Phi) is 3.75. The first-order chi connectivity index (χ1) is 8.33. The average Bonchev–Trinajstić information content (AvgIpc) is 2.89. The molecule has 4 heteroatoms. The Hall–Kier alpha value is -1.84. The lowest BCUT2D eigenvalue weighted by Gasteiger charge is -2.07. The smallest absolute Gasteiger partial charge is 0.131 e. The number of furan rings is 1. The standard InChI is InChI=1S/C13H17N3O/c1-3-6-14-13-8-11(10-5-7-17-9-10)15-12(4-2)16-13/h5,7-9H,3-4,6H2,1-2H3,(H,14,15,16). The van der Waals surface area contributed by atoms with Crippen molar-refractivity contribution >= 4 is 5.82 Å². The van der Waals surface area contributed by atoms with Crippen LogP contribution in [0.1, 0.15) is 26.1 Å². The molecule has 0 aliphatic rings. The second kappa shape index (κ2) is 5.48. The van der Waals surface area contributed by atoms with Crippen molar-refractivity contribution in [2.45, 2.75) is 26.7 Å². The van der Waals surface area contributed by atoms with Crippen LogP contribution in [0.5, 0.6) is 0 Å². The van der Waals surface area contributed by atoms with Gasteiger partial charge in [-0.15, -0.1) is 0 Å². The van der Waals surface area contributed by atoms with Crippen molar-refractivity contribution in [1.29, 1.82) is 0 Å². The van der Waals surface area contributed by atoms with Crippen molar-refractivity contribution in [2.24, 2.45) is 0 Å². The Morgan fingerprint density at radius 1 is 1.29 bits per heavy atom. The fourth-order valence-corrected chi connectivity index (χ4v) is 1.56. The van der Waals surface area contributed by atoms with E-state index in [-0.39, 0.29) is 0 Å². The summed E-state index contributed by atoms with van der Waals surface area (Å²) in [6, 6.07) is 3.87. The third-order valence-electron chi connectivity index (χ3n) is 2.46. The molecule has 0 atom stereocenters. The molecule has 2 aromatic heterocycles. The molecule has 0 aliphatic carbocycles. The number of hydrogen-bond donors (Lipinski definition) is 1. The summed E-state index contributed by atoms with van der Waals surface area (Å²) >= 11 is 0. The van der Waals surface area contributed by atoms with E-state index in [2.05, 4.69) is 29.1 Å². The van der Waals surface area contributed by atoms with Crippen LogP contribution in [-0.4, -0.2) is 16.5 Å². The molecule has 0 saturated heterocycles. The highest BCUT2D eigenvalue weighted by molar-refractivity contribution is 5.61. The molecular formula is C13H17N3O. The highest BCUT2D eigenvalue weighted by atomic mass is 16.3. The van der Waals surface area contributed by atoms with Crippen molar-refractivity contribution < 1.29 is 4.42 Å². The van der Waals surface area contributed by atoms with Gasteiger partial charge in [0, 0.05) is 24.6 Å². The first kappa shape index (κ1) is 11.6. The predicted octanol–water partition coefficient (Wildman–Crippen LogP) is 3.12. The molecular weight excluding hydrogens is 214 g/mol. The number of aryl methyl sites for hydroxylation is 1. The third-order valence-corrected chi connectivity index (χ3v) is 2.46. The summed E-state index contributed by atoms with van der Waals surface area (Å²) in [6.07, 6.45) is 5.26. The maximum absolute atomic E-state index is 5.08. The van der Waals surface area contributed by atoms with Crippen LogP contribution in [0, 0.1) is 0 Å². The Morgan fingerprint density at radius 3 is 2.82 bits per heavy atom. The van der Waals surface area contributed by atoms with Gasteiger partial charge in [0.2, 0.25) is 0 Å². The summed E-state index contributed by atoms with van der Waals surface area (Å²) < 4.78 is 5.08. The first-order valence-electron chi connectivity index (χ1n) is 5.98. The van der Waals surface area contributed by atoms with Crippen LogP contribution in [0.25, 0.3) is 11.3 Å². The van der Waals surface area contributed by atoms with Gasteiger partial charge < -0.3 is 9.73 Å². The van der Waals surface area contributed by atoms with Crippen LogP contribution in [0.2, 0.25) is 0 Å². The quantitative estimate of drug-likeness (QED) is 0.859. The highest BCUT2D eigenvalue weighted by Gasteiger charge is 2.06. The maximum Gasteiger partial charge on any atom is 0.131 e. The van der Waals surface area contributed by atoms with Gasteiger partial charge in [-0.1, -0.05) is 13.8 Å². The van der Waals surface area contributed by atoms with Crippen LogP contribution in [0.15, 0.2) is 29.1 Å². The lowest BCUT2D eigenvalue weighted by Crippen LogP contribution is -2.05. The van der Waals surface area contributed by atoms with E-state index in [1.165, 1.54) is 0 Å². The molecule has 2 aromatic rings. The summed E-state index contributed by atoms with van der Waals surface area (Å²) in [6.45, 7) is 5.11. The summed E-state index contributed by atoms with van der Waals surface area (Å²) in [5, 5.41) is 3.29. The number of nitrogens with one attached hydrogen (secondary N) is 1. The highest BCUT2D eigenvalue weighted by Crippen LogP contribution is 2.20. The Balaban J connectivity index is 2.32. The lowest BCUT2D eigenvalue weighted by atomic mass is 10.2. The van der Waals surface area contributed by atoms with Crippen molar-refractivity contribution in [2.75, 3.05) is 11.9 Å². The number of rotatable bonds is 5. The predicted molar refractivity (Wildman–Crippen MR) is 67.9 cm³/mol. The van der Waals surface area contributed by atoms with Crippen LogP contribution >= 0.6 is 0 Å². The summed E-state index contributed by atoms with van der Waals surface area (Å²) in [4.78, 5) is 8.94. The van der Waals surface area contributed by atoms with Crippen LogP contribution in [-0.2, 0) is 6.42 Å². The largest absolute Gasteiger partial charge is 0.472 e. The van der Waals surface area contributed by atoms with Crippen LogP contribution < -0.4 is 5.32 Å². The van der Waals surface area contributed by atoms with Crippen LogP contribution in [0.4, 0.5) is 5.82 Å². The second-order valence-corrected chi connectivity index (χ2v) is 3.85. The van der Waals surface area contributed by atoms with Gasteiger partial charge in [-0.05, 0) is 12.5 Å². The summed E-state index contributed by atoms with van der Waals surface area (Å²) in [5.74, 6) is 1.73. The van der Waals surface area contributed by atoms with Gasteiger partial charge in [0.25, 0.3) is 0 Å². The first-order valence-corrected chi connectivity index (χ1v) is 5.98. The molecule has 2 heterocycles. The number of nitrogens with zero attached hydrogens (tertiary/aromatic N) is 2. The number of anilines is 1. The molecule has 0 unspecified atom stereocenters. The van der Waals surface area contributed by atoms with Gasteiger partial charge in [0.15, 0.2) is 0 Å². The Morgan fingerprint density at radius 2 is 2.18 bits per heavy atom. The van der Waals surface area contributed by atoms with Crippen molar-refractivity contribution in [3.05, 3.63) is 30.5 Å². The van der Waals surface area contributed by atoms with Crippen molar-refractivity contribution in [3.8, 4) is 11.3 Å². The SMILES string of the molecule is CCCNc1cc(-c2ccoc2)nc(CC)n1. The average molecular weight is 231 g/mol. The normalized spacial score (nSPS) is 10.5. The summed E-state index contributed by atoms with van der Waals surface area (Å²) in [7, 11) is 0. The van der Waals surface area contributed by atoms with Gasteiger partial charge in [0.1, 0.15) is 11.6 Å². The van der Waals surface area contributed by atoms with Gasteiger partial charge in [-0.25, -0.2) is 9.97 Å². The van der Waals surface area contributed by atoms with E-state index in [1.54, 1.807) is 12.5 Å². The van der Waals surface area contributed by atoms with Crippen molar-refractivity contribution in [3.63, 3.8) is 0 Å². The molecule has 0 aromatic carbocycles. The zero-order valence-electron chi connectivity index (χ0n) is 10.2. The number of aromatic nitrogens is 2. The van der Waals surface area contributed by atoms with E-state index in [0.717, 1.165) is 42.3 Å². The topological polar surface area (TPSA) is 51.0 Å². The molecule has 17 heavy (non-hydrogen) atoms. The molecule has 0 saturated carbocycles. The molecule has 0 bridgehead atoms. The van der Waals surface area contributed by atoms with Crippen LogP contribution in [0.3, 0.4) is 0 Å². The van der Waals surface area contributed by atoms with E-state index in [4.69, 9.17) is 4.42 Å². The molecule has 2 rings (SSSR count). The molecule has 1 N–H and O–H groups in total. The fourth-order valence-electron chi connectivity index (χ4n) is 1.56. The molecule has 0 spiro atoms. The van der Waals surface area contributed by atoms with Gasteiger partial charge in [-0.3, -0.25) is 0 Å². The second-order valence-electron chi connectivity index (χ2n) is 3.85. The molecule has 0 radical (unpaired) electrons. The monoisotopic (exact) mass is 231 g/mol. The zero-order valence-corrected chi connectivity index (χ0v) is 10.2. The van der Waals surface area contributed by atoms with Gasteiger partial charge >= 0.3 is 0 Å². The Bertz CT molecular complexity index is 466. The molecule has 4 nitrogen and oxygen atoms in total. The van der Waals surface area contributed by atoms with Gasteiger partial charge in [-0.2, -0.15) is 0 Å². The van der Waals surface area contributed by atoms with E-state index >= 15 is 0 Å². The number of hydrogen-bond acceptors (Lipinski definition) is 4. The van der Waals surface area contributed by atoms with E-state index in [9.17, 15) is 0 Å². The minimum atomic E-state index is 0.826. The molecule has 0 aliphatic heterocycles. The van der Waals surface area contributed by atoms with E-state index in [0.29, 0.717) is 0 Å². The third kappa shape index (κ3) is 2.84. The Labute approximate surface area is 101 Å².